The number of amides is 1. The maximum atomic E-state index is 11.9. The number of phenolic OH excluding ortho intramolecular Hbond substituents is 1. The lowest BCUT2D eigenvalue weighted by atomic mass is 10.2. The molecule has 0 aromatic heterocycles. The minimum Gasteiger partial charge on any atom is -0.506 e. The second kappa shape index (κ2) is 9.67. The van der Waals surface area contributed by atoms with Gasteiger partial charge in [-0.3, -0.25) is 4.79 Å². The molecule has 10 heteroatoms. The van der Waals surface area contributed by atoms with Gasteiger partial charge in [-0.1, -0.05) is 31.9 Å². The van der Waals surface area contributed by atoms with Gasteiger partial charge in [-0.25, -0.2) is 5.43 Å². The summed E-state index contributed by atoms with van der Waals surface area (Å²) in [6, 6.07) is 7.09. The number of carbonyl (C=O) groups excluding carboxylic acids is 1. The number of ether oxygens (including phenoxy) is 1. The van der Waals surface area contributed by atoms with Gasteiger partial charge in [0.05, 0.1) is 18.7 Å². The Kier molecular flexibility index (Phi) is 8.18. The van der Waals surface area contributed by atoms with E-state index < -0.39 is 5.91 Å². The fourth-order valence-corrected chi connectivity index (χ4v) is 5.73. The van der Waals surface area contributed by atoms with Gasteiger partial charge >= 0.3 is 0 Å². The maximum absolute atomic E-state index is 11.9. The highest BCUT2D eigenvalue weighted by molar-refractivity contribution is 14.1. The van der Waals surface area contributed by atoms with E-state index in [2.05, 4.69) is 74.2 Å². The van der Waals surface area contributed by atoms with Gasteiger partial charge < -0.3 is 9.84 Å². The zero-order valence-electron chi connectivity index (χ0n) is 12.2. The molecule has 2 rings (SSSR count). The van der Waals surface area contributed by atoms with E-state index in [-0.39, 0.29) is 12.4 Å². The highest BCUT2D eigenvalue weighted by Gasteiger charge is 2.10. The molecule has 0 saturated carbocycles. The van der Waals surface area contributed by atoms with Gasteiger partial charge in [0.1, 0.15) is 11.5 Å². The molecule has 5 nitrogen and oxygen atoms in total. The van der Waals surface area contributed by atoms with Crippen molar-refractivity contribution in [2.24, 2.45) is 5.10 Å². The van der Waals surface area contributed by atoms with Crippen molar-refractivity contribution in [2.75, 3.05) is 6.61 Å². The van der Waals surface area contributed by atoms with Crippen LogP contribution >= 0.6 is 86.3 Å². The summed E-state index contributed by atoms with van der Waals surface area (Å²) >= 11 is 15.5. The number of nitrogens with zero attached hydrogens (tertiary/aromatic N) is 1. The average molecular weight is 712 g/mol. The third-order valence-corrected chi connectivity index (χ3v) is 5.68. The van der Waals surface area contributed by atoms with E-state index in [0.29, 0.717) is 23.8 Å². The molecular formula is C15H9Br4IN2O3. The summed E-state index contributed by atoms with van der Waals surface area (Å²) < 4.78 is 9.25. The van der Waals surface area contributed by atoms with Crippen molar-refractivity contribution in [3.63, 3.8) is 0 Å². The quantitative estimate of drug-likeness (QED) is 0.242. The van der Waals surface area contributed by atoms with Crippen LogP contribution in [0, 0.1) is 3.57 Å². The molecule has 0 aliphatic carbocycles. The molecule has 0 atom stereocenters. The van der Waals surface area contributed by atoms with Gasteiger partial charge in [0.25, 0.3) is 5.91 Å². The molecule has 0 bridgehead atoms. The van der Waals surface area contributed by atoms with Crippen LogP contribution in [0.4, 0.5) is 0 Å². The van der Waals surface area contributed by atoms with E-state index in [1.54, 1.807) is 12.1 Å². The fraction of sp³-hybridized carbons (Fsp3) is 0.0667. The topological polar surface area (TPSA) is 70.9 Å². The largest absolute Gasteiger partial charge is 0.506 e. The minimum absolute atomic E-state index is 0.0979. The predicted molar refractivity (Wildman–Crippen MR) is 119 cm³/mol. The van der Waals surface area contributed by atoms with Crippen LogP contribution < -0.4 is 10.2 Å². The van der Waals surface area contributed by atoms with Crippen LogP contribution in [0.5, 0.6) is 11.5 Å². The number of benzene rings is 2. The predicted octanol–water partition coefficient (Wildman–Crippen LogP) is 5.58. The third kappa shape index (κ3) is 6.19. The smallest absolute Gasteiger partial charge is 0.277 e. The summed E-state index contributed by atoms with van der Waals surface area (Å²) in [5.74, 6) is 0.185. The first-order valence-corrected chi connectivity index (χ1v) is 10.8. The first-order valence-electron chi connectivity index (χ1n) is 6.55. The molecular weight excluding hydrogens is 703 g/mol. The van der Waals surface area contributed by atoms with Gasteiger partial charge in [-0.2, -0.15) is 5.10 Å². The van der Waals surface area contributed by atoms with Crippen molar-refractivity contribution >= 4 is 98.4 Å². The highest BCUT2D eigenvalue weighted by Crippen LogP contribution is 2.36. The highest BCUT2D eigenvalue weighted by atomic mass is 127. The van der Waals surface area contributed by atoms with Crippen molar-refractivity contribution in [3.8, 4) is 11.5 Å². The van der Waals surface area contributed by atoms with Crippen LogP contribution in [-0.4, -0.2) is 23.8 Å². The lowest BCUT2D eigenvalue weighted by Crippen LogP contribution is -2.24. The molecule has 2 N–H and O–H groups in total. The number of aromatic hydroxyl groups is 1. The lowest BCUT2D eigenvalue weighted by molar-refractivity contribution is -0.123. The number of hydrazone groups is 1. The van der Waals surface area contributed by atoms with Crippen LogP contribution in [0.25, 0.3) is 0 Å². The molecule has 0 unspecified atom stereocenters. The Morgan fingerprint density at radius 3 is 2.40 bits per heavy atom. The molecule has 132 valence electrons. The SMILES string of the molecule is O=C(COc1c(Br)cc(Br)cc1Br)NN=Cc1cc(Br)cc(I)c1O. The summed E-state index contributed by atoms with van der Waals surface area (Å²) in [6.45, 7) is -0.210. The second-order valence-electron chi connectivity index (χ2n) is 4.61. The third-order valence-electron chi connectivity index (χ3n) is 2.76. The van der Waals surface area contributed by atoms with Gasteiger partial charge in [0.2, 0.25) is 0 Å². The standard InChI is InChI=1S/C15H9Br4IN2O3/c16-8-1-7(14(24)12(20)4-8)5-21-22-13(23)6-25-15-10(18)2-9(17)3-11(15)19/h1-5,24H,6H2,(H,22,23). The molecule has 0 aliphatic rings. The Bertz CT molecular complexity index is 823. The summed E-state index contributed by atoms with van der Waals surface area (Å²) in [5, 5.41) is 13.8. The number of carbonyl (C=O) groups is 1. The summed E-state index contributed by atoms with van der Waals surface area (Å²) in [5.41, 5.74) is 2.84. The Hall–Kier alpha value is -0.170. The zero-order valence-corrected chi connectivity index (χ0v) is 20.7. The van der Waals surface area contributed by atoms with Crippen LogP contribution in [0.2, 0.25) is 0 Å². The van der Waals surface area contributed by atoms with Gasteiger partial charge in [0.15, 0.2) is 6.61 Å². The van der Waals surface area contributed by atoms with Gasteiger partial charge in [-0.05, 0) is 78.7 Å². The molecule has 0 heterocycles. The van der Waals surface area contributed by atoms with Crippen LogP contribution in [-0.2, 0) is 4.79 Å². The number of phenols is 1. The zero-order chi connectivity index (χ0) is 18.6. The first-order chi connectivity index (χ1) is 11.8. The van der Waals surface area contributed by atoms with Crippen molar-refractivity contribution in [1.82, 2.24) is 5.43 Å². The van der Waals surface area contributed by atoms with Crippen molar-refractivity contribution in [3.05, 3.63) is 51.3 Å². The van der Waals surface area contributed by atoms with Gasteiger partial charge in [-0.15, -0.1) is 0 Å². The molecule has 0 spiro atoms. The Balaban J connectivity index is 1.96. The van der Waals surface area contributed by atoms with Crippen molar-refractivity contribution < 1.29 is 14.6 Å². The molecule has 2 aromatic carbocycles. The molecule has 1 amide bonds. The second-order valence-corrected chi connectivity index (χ2v) is 9.31. The fourth-order valence-electron chi connectivity index (χ4n) is 1.69. The van der Waals surface area contributed by atoms with Crippen LogP contribution in [0.15, 0.2) is 47.3 Å². The lowest BCUT2D eigenvalue weighted by Gasteiger charge is -2.10. The van der Waals surface area contributed by atoms with E-state index in [4.69, 9.17) is 4.74 Å². The Labute approximate surface area is 191 Å². The summed E-state index contributed by atoms with van der Waals surface area (Å²) in [4.78, 5) is 11.9. The molecule has 0 radical (unpaired) electrons. The summed E-state index contributed by atoms with van der Waals surface area (Å²) in [7, 11) is 0. The molecule has 0 saturated heterocycles. The average Bonchev–Trinajstić information content (AvgIpc) is 2.50. The van der Waals surface area contributed by atoms with E-state index >= 15 is 0 Å². The number of hydrogen-bond acceptors (Lipinski definition) is 4. The van der Waals surface area contributed by atoms with Crippen LogP contribution in [0.1, 0.15) is 5.56 Å². The van der Waals surface area contributed by atoms with Crippen molar-refractivity contribution in [1.29, 1.82) is 0 Å². The van der Waals surface area contributed by atoms with E-state index in [1.807, 2.05) is 34.7 Å². The minimum atomic E-state index is -0.429. The van der Waals surface area contributed by atoms with Gasteiger partial charge in [0, 0.05) is 14.5 Å². The molecule has 2 aromatic rings. The molecule has 25 heavy (non-hydrogen) atoms. The monoisotopic (exact) mass is 708 g/mol. The van der Waals surface area contributed by atoms with E-state index in [0.717, 1.165) is 8.95 Å². The summed E-state index contributed by atoms with van der Waals surface area (Å²) in [6.07, 6.45) is 1.37. The molecule has 0 aliphatic heterocycles. The number of rotatable bonds is 5. The Morgan fingerprint density at radius 1 is 1.16 bits per heavy atom. The Morgan fingerprint density at radius 2 is 1.76 bits per heavy atom. The number of halogens is 5. The van der Waals surface area contributed by atoms with Crippen LogP contribution in [0.3, 0.4) is 0 Å². The normalized spacial score (nSPS) is 10.9. The van der Waals surface area contributed by atoms with E-state index in [1.165, 1.54) is 6.21 Å². The first kappa shape index (κ1) is 21.1. The molecule has 0 fully saturated rings. The van der Waals surface area contributed by atoms with Crippen molar-refractivity contribution in [2.45, 2.75) is 0 Å². The van der Waals surface area contributed by atoms with E-state index in [9.17, 15) is 9.90 Å². The number of nitrogens with one attached hydrogen (secondary N) is 1. The number of hydrogen-bond donors (Lipinski definition) is 2. The maximum Gasteiger partial charge on any atom is 0.277 e.